The van der Waals surface area contributed by atoms with Crippen molar-refractivity contribution in [3.8, 4) is 0 Å². The standard InChI is InChI=1S/C22H15N3/c1-2-8-15(9-3-1)24-25-20-14-23-22-19-13-7-5-11-17(19)16-10-4-6-12-18(16)21(20)22/h1-14,23H. The lowest BCUT2D eigenvalue weighted by atomic mass is 9.98. The molecule has 25 heavy (non-hydrogen) atoms. The minimum Gasteiger partial charge on any atom is -0.359 e. The molecule has 0 atom stereocenters. The highest BCUT2D eigenvalue weighted by Gasteiger charge is 2.12. The summed E-state index contributed by atoms with van der Waals surface area (Å²) in [5, 5.41) is 14.9. The summed E-state index contributed by atoms with van der Waals surface area (Å²) in [6, 6.07) is 26.8. The minimum absolute atomic E-state index is 0.849. The molecular weight excluding hydrogens is 306 g/mol. The van der Waals surface area contributed by atoms with E-state index >= 15 is 0 Å². The molecule has 0 saturated carbocycles. The number of hydrogen-bond acceptors (Lipinski definition) is 2. The van der Waals surface area contributed by atoms with Crippen LogP contribution in [0.4, 0.5) is 11.4 Å². The van der Waals surface area contributed by atoms with Gasteiger partial charge in [0.15, 0.2) is 0 Å². The molecule has 0 aliphatic rings. The third-order valence-electron chi connectivity index (χ3n) is 4.57. The molecule has 0 bridgehead atoms. The lowest BCUT2D eigenvalue weighted by Gasteiger charge is -2.07. The van der Waals surface area contributed by atoms with Crippen LogP contribution >= 0.6 is 0 Å². The Balaban J connectivity index is 1.84. The predicted molar refractivity (Wildman–Crippen MR) is 104 cm³/mol. The Kier molecular flexibility index (Phi) is 3.10. The number of nitrogens with one attached hydrogen (secondary N) is 1. The topological polar surface area (TPSA) is 40.5 Å². The second kappa shape index (κ2) is 5.56. The molecule has 0 radical (unpaired) electrons. The Labute approximate surface area is 144 Å². The monoisotopic (exact) mass is 321 g/mol. The quantitative estimate of drug-likeness (QED) is 0.272. The fourth-order valence-corrected chi connectivity index (χ4v) is 3.46. The summed E-state index contributed by atoms with van der Waals surface area (Å²) in [5.74, 6) is 0. The molecule has 0 unspecified atom stereocenters. The molecule has 0 amide bonds. The van der Waals surface area contributed by atoms with Gasteiger partial charge in [-0.25, -0.2) is 0 Å². The van der Waals surface area contributed by atoms with Crippen LogP contribution in [0.25, 0.3) is 32.4 Å². The van der Waals surface area contributed by atoms with E-state index in [0.717, 1.165) is 22.3 Å². The number of aromatic nitrogens is 1. The molecule has 1 heterocycles. The number of nitrogens with zero attached hydrogens (tertiary/aromatic N) is 2. The summed E-state index contributed by atoms with van der Waals surface area (Å²) in [6.07, 6.45) is 1.94. The highest BCUT2D eigenvalue weighted by atomic mass is 15.1. The van der Waals surface area contributed by atoms with Gasteiger partial charge in [0.1, 0.15) is 5.69 Å². The number of fused-ring (bicyclic) bond motifs is 6. The number of azo groups is 1. The summed E-state index contributed by atoms with van der Waals surface area (Å²) < 4.78 is 0. The maximum absolute atomic E-state index is 4.52. The Morgan fingerprint density at radius 2 is 1.16 bits per heavy atom. The third-order valence-corrected chi connectivity index (χ3v) is 4.57. The molecule has 0 spiro atoms. The fourth-order valence-electron chi connectivity index (χ4n) is 3.46. The van der Waals surface area contributed by atoms with E-state index in [1.165, 1.54) is 21.5 Å². The van der Waals surface area contributed by atoms with Crippen LogP contribution in [0.1, 0.15) is 0 Å². The molecule has 0 saturated heterocycles. The molecule has 4 aromatic carbocycles. The maximum Gasteiger partial charge on any atom is 0.112 e. The summed E-state index contributed by atoms with van der Waals surface area (Å²) in [6.45, 7) is 0. The average molecular weight is 321 g/mol. The molecule has 118 valence electrons. The first-order chi connectivity index (χ1) is 12.4. The molecule has 1 N–H and O–H groups in total. The molecule has 3 nitrogen and oxygen atoms in total. The van der Waals surface area contributed by atoms with Gasteiger partial charge in [-0.15, -0.1) is 5.11 Å². The van der Waals surface area contributed by atoms with E-state index in [-0.39, 0.29) is 0 Å². The first-order valence-electron chi connectivity index (χ1n) is 8.29. The van der Waals surface area contributed by atoms with Gasteiger partial charge in [0.2, 0.25) is 0 Å². The zero-order valence-electron chi connectivity index (χ0n) is 13.5. The van der Waals surface area contributed by atoms with Crippen LogP contribution in [0, 0.1) is 0 Å². The lowest BCUT2D eigenvalue weighted by molar-refractivity contribution is 1.24. The number of benzene rings is 4. The second-order valence-electron chi connectivity index (χ2n) is 6.05. The maximum atomic E-state index is 4.52. The van der Waals surface area contributed by atoms with E-state index in [4.69, 9.17) is 0 Å². The summed E-state index contributed by atoms with van der Waals surface area (Å²) in [4.78, 5) is 3.41. The van der Waals surface area contributed by atoms with Crippen LogP contribution < -0.4 is 0 Å². The molecule has 0 aliphatic heterocycles. The highest BCUT2D eigenvalue weighted by Crippen LogP contribution is 2.39. The average Bonchev–Trinajstić information content (AvgIpc) is 3.12. The van der Waals surface area contributed by atoms with E-state index in [1.54, 1.807) is 0 Å². The van der Waals surface area contributed by atoms with Crippen LogP contribution in [-0.2, 0) is 0 Å². The van der Waals surface area contributed by atoms with Crippen molar-refractivity contribution in [3.05, 3.63) is 85.1 Å². The molecule has 0 aliphatic carbocycles. The van der Waals surface area contributed by atoms with Crippen molar-refractivity contribution >= 4 is 43.8 Å². The van der Waals surface area contributed by atoms with Crippen molar-refractivity contribution in [3.63, 3.8) is 0 Å². The van der Waals surface area contributed by atoms with Crippen molar-refractivity contribution in [2.24, 2.45) is 10.2 Å². The summed E-state index contributed by atoms with van der Waals surface area (Å²) >= 11 is 0. The normalized spacial score (nSPS) is 11.8. The van der Waals surface area contributed by atoms with Crippen molar-refractivity contribution in [2.45, 2.75) is 0 Å². The first kappa shape index (κ1) is 13.9. The van der Waals surface area contributed by atoms with Crippen molar-refractivity contribution in [2.75, 3.05) is 0 Å². The van der Waals surface area contributed by atoms with Crippen LogP contribution in [-0.4, -0.2) is 4.98 Å². The zero-order valence-corrected chi connectivity index (χ0v) is 13.5. The second-order valence-corrected chi connectivity index (χ2v) is 6.05. The summed E-state index contributed by atoms with van der Waals surface area (Å²) in [7, 11) is 0. The third kappa shape index (κ3) is 2.21. The van der Waals surface area contributed by atoms with Crippen molar-refractivity contribution in [1.29, 1.82) is 0 Å². The van der Waals surface area contributed by atoms with Gasteiger partial charge < -0.3 is 4.98 Å². The lowest BCUT2D eigenvalue weighted by Crippen LogP contribution is -1.80. The Hall–Kier alpha value is -3.46. The Morgan fingerprint density at radius 1 is 0.560 bits per heavy atom. The molecule has 5 aromatic rings. The summed E-state index contributed by atoms with van der Waals surface area (Å²) in [5.41, 5.74) is 2.82. The molecular formula is C22H15N3. The smallest absolute Gasteiger partial charge is 0.112 e. The van der Waals surface area contributed by atoms with Crippen molar-refractivity contribution in [1.82, 2.24) is 4.98 Å². The molecule has 5 rings (SSSR count). The minimum atomic E-state index is 0.849. The van der Waals surface area contributed by atoms with E-state index in [0.29, 0.717) is 0 Å². The predicted octanol–water partition coefficient (Wildman–Crippen LogP) is 6.89. The molecule has 1 aromatic heterocycles. The number of hydrogen-bond donors (Lipinski definition) is 1. The first-order valence-corrected chi connectivity index (χ1v) is 8.29. The SMILES string of the molecule is c1ccc(N=Nc2c[nH]c3c4ccccc4c4ccccc4c23)cc1. The van der Waals surface area contributed by atoms with Crippen LogP contribution in [0.2, 0.25) is 0 Å². The Morgan fingerprint density at radius 3 is 1.92 bits per heavy atom. The van der Waals surface area contributed by atoms with E-state index in [2.05, 4.69) is 63.7 Å². The van der Waals surface area contributed by atoms with E-state index < -0.39 is 0 Å². The number of aromatic amines is 1. The van der Waals surface area contributed by atoms with Gasteiger partial charge in [-0.1, -0.05) is 66.7 Å². The van der Waals surface area contributed by atoms with Crippen LogP contribution in [0.3, 0.4) is 0 Å². The zero-order chi connectivity index (χ0) is 16.6. The van der Waals surface area contributed by atoms with Gasteiger partial charge in [-0.3, -0.25) is 0 Å². The van der Waals surface area contributed by atoms with Crippen molar-refractivity contribution < 1.29 is 0 Å². The molecule has 3 heteroatoms. The Bertz CT molecular complexity index is 1230. The number of H-pyrrole nitrogens is 1. The van der Waals surface area contributed by atoms with Gasteiger partial charge >= 0.3 is 0 Å². The van der Waals surface area contributed by atoms with Crippen LogP contribution in [0.5, 0.6) is 0 Å². The highest BCUT2D eigenvalue weighted by molar-refractivity contribution is 6.27. The van der Waals surface area contributed by atoms with Gasteiger partial charge in [0.25, 0.3) is 0 Å². The van der Waals surface area contributed by atoms with Crippen LogP contribution in [0.15, 0.2) is 95.3 Å². The van der Waals surface area contributed by atoms with Gasteiger partial charge in [-0.05, 0) is 28.3 Å². The van der Waals surface area contributed by atoms with Gasteiger partial charge in [0, 0.05) is 17.0 Å². The van der Waals surface area contributed by atoms with E-state index in [9.17, 15) is 0 Å². The van der Waals surface area contributed by atoms with Gasteiger partial charge in [0.05, 0.1) is 11.2 Å². The van der Waals surface area contributed by atoms with Gasteiger partial charge in [-0.2, -0.15) is 5.11 Å². The number of rotatable bonds is 2. The van der Waals surface area contributed by atoms with E-state index in [1.807, 2.05) is 36.5 Å². The largest absolute Gasteiger partial charge is 0.359 e. The fraction of sp³-hybridized carbons (Fsp3) is 0. The molecule has 0 fully saturated rings.